The highest BCUT2D eigenvalue weighted by Crippen LogP contribution is 2.43. The highest BCUT2D eigenvalue weighted by Gasteiger charge is 2.40. The molecule has 1 aromatic heterocycles. The summed E-state index contributed by atoms with van der Waals surface area (Å²) in [6, 6.07) is 54.7. The summed E-state index contributed by atoms with van der Waals surface area (Å²) in [6.07, 6.45) is 0. The third-order valence-corrected chi connectivity index (χ3v) is 9.69. The van der Waals surface area contributed by atoms with E-state index in [0.717, 1.165) is 60.8 Å². The Hall–Kier alpha value is -6.52. The number of hydrogen-bond donors (Lipinski definition) is 0. The van der Waals surface area contributed by atoms with Gasteiger partial charge >= 0.3 is 0 Å². The van der Waals surface area contributed by atoms with E-state index >= 15 is 0 Å². The van der Waals surface area contributed by atoms with E-state index in [4.69, 9.17) is 0 Å². The number of hydrogen-bond acceptors (Lipinski definition) is 2. The Morgan fingerprint density at radius 1 is 0.429 bits per heavy atom. The fraction of sp³-hybridized carbons (Fsp3) is 0.0222. The summed E-state index contributed by atoms with van der Waals surface area (Å²) >= 11 is 0. The Morgan fingerprint density at radius 3 is 1.86 bits per heavy atom. The van der Waals surface area contributed by atoms with Crippen LogP contribution in [0.2, 0.25) is 0 Å². The second-order valence-corrected chi connectivity index (χ2v) is 12.5. The quantitative estimate of drug-likeness (QED) is 0.178. The molecule has 7 aromatic carbocycles. The lowest BCUT2D eigenvalue weighted by Gasteiger charge is -2.20. The highest BCUT2D eigenvalue weighted by atomic mass is 16.2. The number of rotatable bonds is 5. The minimum absolute atomic E-state index is 0.330. The van der Waals surface area contributed by atoms with E-state index in [9.17, 15) is 9.59 Å². The van der Waals surface area contributed by atoms with E-state index in [1.165, 1.54) is 4.90 Å². The maximum Gasteiger partial charge on any atom is 0.268 e. The van der Waals surface area contributed by atoms with Gasteiger partial charge in [-0.25, -0.2) is 4.90 Å². The molecular weight excluding hydrogens is 601 g/mol. The molecule has 49 heavy (non-hydrogen) atoms. The first-order valence-corrected chi connectivity index (χ1v) is 16.5. The number of aromatic nitrogens is 1. The van der Waals surface area contributed by atoms with E-state index in [1.807, 2.05) is 103 Å². The van der Waals surface area contributed by atoms with Gasteiger partial charge in [-0.05, 0) is 59.0 Å². The first kappa shape index (κ1) is 28.7. The molecule has 0 atom stereocenters. The molecule has 0 saturated heterocycles. The van der Waals surface area contributed by atoms with Crippen LogP contribution in [0.5, 0.6) is 0 Å². The number of anilines is 1. The zero-order chi connectivity index (χ0) is 33.1. The van der Waals surface area contributed by atoms with E-state index in [0.29, 0.717) is 22.5 Å². The fourth-order valence-electron chi connectivity index (χ4n) is 7.42. The predicted molar refractivity (Wildman–Crippen MR) is 199 cm³/mol. The lowest BCUT2D eigenvalue weighted by atomic mass is 9.97. The van der Waals surface area contributed by atoms with Gasteiger partial charge in [0.05, 0.1) is 33.5 Å². The van der Waals surface area contributed by atoms with Crippen molar-refractivity contribution in [2.24, 2.45) is 0 Å². The second kappa shape index (κ2) is 11.3. The van der Waals surface area contributed by atoms with Crippen LogP contribution in [0, 0.1) is 6.92 Å². The number of para-hydroxylation sites is 2. The number of fused-ring (bicyclic) bond motifs is 4. The summed E-state index contributed by atoms with van der Waals surface area (Å²) in [5.74, 6) is -0.665. The summed E-state index contributed by atoms with van der Waals surface area (Å²) in [6.45, 7) is 2.12. The van der Waals surface area contributed by atoms with Gasteiger partial charge in [-0.1, -0.05) is 140 Å². The van der Waals surface area contributed by atoms with Crippen molar-refractivity contribution >= 4 is 39.3 Å². The van der Waals surface area contributed by atoms with Crippen molar-refractivity contribution in [2.75, 3.05) is 4.90 Å². The smallest absolute Gasteiger partial charge is 0.268 e. The Morgan fingerprint density at radius 2 is 1.06 bits per heavy atom. The summed E-state index contributed by atoms with van der Waals surface area (Å²) in [5, 5.41) is 2.17. The maximum atomic E-state index is 14.9. The normalized spacial score (nSPS) is 12.6. The number of imide groups is 1. The Bertz CT molecular complexity index is 2600. The van der Waals surface area contributed by atoms with Gasteiger partial charge in [-0.3, -0.25) is 9.59 Å². The molecule has 0 N–H and O–H groups in total. The van der Waals surface area contributed by atoms with Crippen molar-refractivity contribution < 1.29 is 9.59 Å². The van der Waals surface area contributed by atoms with Gasteiger partial charge in [0.15, 0.2) is 0 Å². The average molecular weight is 631 g/mol. The molecule has 2 heterocycles. The maximum absolute atomic E-state index is 14.9. The molecule has 0 spiro atoms. The van der Waals surface area contributed by atoms with Gasteiger partial charge in [0.2, 0.25) is 0 Å². The summed E-state index contributed by atoms with van der Waals surface area (Å²) in [5.41, 5.74) is 11.1. The van der Waals surface area contributed by atoms with Gasteiger partial charge < -0.3 is 4.57 Å². The lowest BCUT2D eigenvalue weighted by Crippen LogP contribution is -2.30. The predicted octanol–water partition coefficient (Wildman–Crippen LogP) is 10.9. The van der Waals surface area contributed by atoms with E-state index < -0.39 is 0 Å². The van der Waals surface area contributed by atoms with Crippen LogP contribution in [0.15, 0.2) is 164 Å². The summed E-state index contributed by atoms with van der Waals surface area (Å²) in [4.78, 5) is 30.8. The van der Waals surface area contributed by atoms with Crippen molar-refractivity contribution in [1.29, 1.82) is 0 Å². The van der Waals surface area contributed by atoms with E-state index in [-0.39, 0.29) is 11.8 Å². The standard InChI is InChI=1S/C45H30N2O2/c1-29-14-8-9-19-33(29)36-21-12-22-37-35-20-10-11-24-39(35)46(43(36)37)40-25-13-23-38-42(40)45(49)47(44(38)48)41-28-32(30-15-4-2-5-16-30)26-27-34(41)31-17-6-3-7-18-31/h2-28H,1H3. The Kier molecular flexibility index (Phi) is 6.63. The third-order valence-electron chi connectivity index (χ3n) is 9.69. The zero-order valence-corrected chi connectivity index (χ0v) is 26.8. The Labute approximate surface area is 284 Å². The molecule has 0 bridgehead atoms. The van der Waals surface area contributed by atoms with Gasteiger partial charge in [-0.2, -0.15) is 0 Å². The molecule has 0 saturated carbocycles. The minimum Gasteiger partial charge on any atom is -0.308 e. The number of amides is 2. The molecule has 4 heteroatoms. The van der Waals surface area contributed by atoms with Crippen LogP contribution in [-0.2, 0) is 0 Å². The number of benzene rings is 7. The molecule has 232 valence electrons. The number of carbonyl (C=O) groups excluding carboxylic acids is 2. The van der Waals surface area contributed by atoms with Crippen LogP contribution in [-0.4, -0.2) is 16.4 Å². The van der Waals surface area contributed by atoms with Gasteiger partial charge in [0.1, 0.15) is 0 Å². The molecule has 1 aliphatic rings. The highest BCUT2D eigenvalue weighted by molar-refractivity contribution is 6.36. The largest absolute Gasteiger partial charge is 0.308 e. The molecule has 4 nitrogen and oxygen atoms in total. The summed E-state index contributed by atoms with van der Waals surface area (Å²) in [7, 11) is 0. The topological polar surface area (TPSA) is 42.3 Å². The molecule has 1 aliphatic heterocycles. The van der Waals surface area contributed by atoms with Crippen molar-refractivity contribution in [3.8, 4) is 39.1 Å². The number of carbonyl (C=O) groups is 2. The Balaban J connectivity index is 1.29. The molecule has 9 rings (SSSR count). The van der Waals surface area contributed by atoms with Crippen molar-refractivity contribution in [3.63, 3.8) is 0 Å². The first-order valence-electron chi connectivity index (χ1n) is 16.5. The van der Waals surface area contributed by atoms with E-state index in [1.54, 1.807) is 6.07 Å². The molecule has 0 radical (unpaired) electrons. The van der Waals surface area contributed by atoms with Crippen LogP contribution in [0.3, 0.4) is 0 Å². The lowest BCUT2D eigenvalue weighted by molar-refractivity contribution is 0.0926. The van der Waals surface area contributed by atoms with Gasteiger partial charge in [0.25, 0.3) is 11.8 Å². The number of nitrogens with zero attached hydrogens (tertiary/aromatic N) is 2. The summed E-state index contributed by atoms with van der Waals surface area (Å²) < 4.78 is 2.18. The second-order valence-electron chi connectivity index (χ2n) is 12.5. The molecule has 8 aromatic rings. The molecular formula is C45H30N2O2. The van der Waals surface area contributed by atoms with Crippen LogP contribution in [0.25, 0.3) is 60.9 Å². The van der Waals surface area contributed by atoms with Crippen molar-refractivity contribution in [3.05, 3.63) is 180 Å². The van der Waals surface area contributed by atoms with Crippen LogP contribution >= 0.6 is 0 Å². The monoisotopic (exact) mass is 630 g/mol. The molecule has 0 fully saturated rings. The zero-order valence-electron chi connectivity index (χ0n) is 26.8. The van der Waals surface area contributed by atoms with E-state index in [2.05, 4.69) is 66.1 Å². The SMILES string of the molecule is Cc1ccccc1-c1cccc2c3ccccc3n(-c3cccc4c3C(=O)N(c3cc(-c5ccccc5)ccc3-c3ccccc3)C4=O)c12. The first-order chi connectivity index (χ1) is 24.1. The third kappa shape index (κ3) is 4.45. The molecule has 0 unspecified atom stereocenters. The van der Waals surface area contributed by atoms with Crippen LogP contribution in [0.4, 0.5) is 5.69 Å². The minimum atomic E-state index is -0.336. The van der Waals surface area contributed by atoms with Gasteiger partial charge in [0, 0.05) is 21.9 Å². The molecule has 0 aliphatic carbocycles. The number of aryl methyl sites for hydroxylation is 1. The van der Waals surface area contributed by atoms with Crippen molar-refractivity contribution in [2.45, 2.75) is 6.92 Å². The van der Waals surface area contributed by atoms with Crippen LogP contribution < -0.4 is 4.90 Å². The molecule has 2 amide bonds. The fourth-order valence-corrected chi connectivity index (χ4v) is 7.42. The average Bonchev–Trinajstić information content (AvgIpc) is 3.63. The van der Waals surface area contributed by atoms with Gasteiger partial charge in [-0.15, -0.1) is 0 Å². The van der Waals surface area contributed by atoms with Crippen LogP contribution in [0.1, 0.15) is 26.3 Å². The van der Waals surface area contributed by atoms with Crippen molar-refractivity contribution in [1.82, 2.24) is 4.57 Å².